The van der Waals surface area contributed by atoms with Crippen molar-refractivity contribution in [3.05, 3.63) is 46.8 Å². The van der Waals surface area contributed by atoms with Crippen LogP contribution in [0.15, 0.2) is 28.8 Å². The number of amides is 1. The zero-order valence-electron chi connectivity index (χ0n) is 17.3. The molecule has 0 radical (unpaired) electrons. The quantitative estimate of drug-likeness (QED) is 0.705. The number of halogens is 3. The van der Waals surface area contributed by atoms with E-state index in [1.54, 1.807) is 20.8 Å². The Hall–Kier alpha value is -2.39. The maximum atomic E-state index is 13.4. The molecule has 0 N–H and O–H groups in total. The Morgan fingerprint density at radius 3 is 2.57 bits per heavy atom. The molecule has 1 aliphatic heterocycles. The number of morpholine rings is 1. The molecule has 0 aliphatic carbocycles. The van der Waals surface area contributed by atoms with E-state index < -0.39 is 17.7 Å². The number of benzene rings is 1. The molecular formula is C21H26F3N3O3. The first-order valence-corrected chi connectivity index (χ1v) is 9.90. The Morgan fingerprint density at radius 2 is 1.97 bits per heavy atom. The van der Waals surface area contributed by atoms with E-state index in [-0.39, 0.29) is 18.1 Å². The molecule has 2 aromatic rings. The van der Waals surface area contributed by atoms with Crippen LogP contribution in [0.2, 0.25) is 0 Å². The second kappa shape index (κ2) is 9.18. The predicted octanol–water partition coefficient (Wildman–Crippen LogP) is 3.78. The summed E-state index contributed by atoms with van der Waals surface area (Å²) in [7, 11) is 0. The fourth-order valence-electron chi connectivity index (χ4n) is 3.75. The fraction of sp³-hybridized carbons (Fsp3) is 0.524. The summed E-state index contributed by atoms with van der Waals surface area (Å²) in [5, 5.41) is 3.90. The molecule has 1 amide bonds. The normalized spacial score (nSPS) is 16.5. The second-order valence-corrected chi connectivity index (χ2v) is 7.45. The van der Waals surface area contributed by atoms with E-state index in [0.29, 0.717) is 36.8 Å². The van der Waals surface area contributed by atoms with E-state index in [0.717, 1.165) is 25.2 Å². The van der Waals surface area contributed by atoms with Gasteiger partial charge in [0.2, 0.25) is 5.91 Å². The van der Waals surface area contributed by atoms with Crippen LogP contribution in [0.1, 0.15) is 35.4 Å². The molecule has 9 heteroatoms. The minimum Gasteiger partial charge on any atom is -0.379 e. The highest BCUT2D eigenvalue weighted by molar-refractivity contribution is 5.98. The van der Waals surface area contributed by atoms with Crippen molar-refractivity contribution in [1.82, 2.24) is 10.1 Å². The van der Waals surface area contributed by atoms with Gasteiger partial charge in [0.05, 0.1) is 30.4 Å². The first kappa shape index (κ1) is 22.3. The lowest BCUT2D eigenvalue weighted by Gasteiger charge is -2.31. The summed E-state index contributed by atoms with van der Waals surface area (Å²) in [4.78, 5) is 17.0. The summed E-state index contributed by atoms with van der Waals surface area (Å²) in [5.74, 6) is -0.363. The van der Waals surface area contributed by atoms with Crippen molar-refractivity contribution in [2.45, 2.75) is 32.9 Å². The number of carbonyl (C=O) groups excluding carboxylic acids is 1. The van der Waals surface area contributed by atoms with Crippen LogP contribution in [0.25, 0.3) is 0 Å². The van der Waals surface area contributed by atoms with Crippen LogP contribution in [0.3, 0.4) is 0 Å². The topological polar surface area (TPSA) is 58.8 Å². The van der Waals surface area contributed by atoms with Gasteiger partial charge >= 0.3 is 6.18 Å². The van der Waals surface area contributed by atoms with E-state index >= 15 is 0 Å². The van der Waals surface area contributed by atoms with Gasteiger partial charge in [0, 0.05) is 37.4 Å². The molecule has 1 aliphatic rings. The summed E-state index contributed by atoms with van der Waals surface area (Å²) >= 11 is 0. The predicted molar refractivity (Wildman–Crippen MR) is 105 cm³/mol. The fourth-order valence-corrected chi connectivity index (χ4v) is 3.75. The Kier molecular flexibility index (Phi) is 6.82. The third-order valence-electron chi connectivity index (χ3n) is 5.39. The number of hydrogen-bond acceptors (Lipinski definition) is 5. The standard InChI is InChI=1S/C21H26F3N3O3/c1-14(19-15(2)25-30-16(19)3)20(28)27(8-7-26-9-11-29-12-10-26)18-6-4-5-17(13-18)21(22,23)24/h4-6,13-14H,7-12H2,1-3H3. The Morgan fingerprint density at radius 1 is 1.27 bits per heavy atom. The van der Waals surface area contributed by atoms with Crippen molar-refractivity contribution in [2.24, 2.45) is 0 Å². The van der Waals surface area contributed by atoms with Crippen molar-refractivity contribution in [3.63, 3.8) is 0 Å². The van der Waals surface area contributed by atoms with E-state index in [2.05, 4.69) is 10.1 Å². The van der Waals surface area contributed by atoms with Crippen molar-refractivity contribution in [1.29, 1.82) is 0 Å². The number of aromatic nitrogens is 1. The van der Waals surface area contributed by atoms with Crippen LogP contribution < -0.4 is 4.90 Å². The number of carbonyl (C=O) groups is 1. The maximum Gasteiger partial charge on any atom is 0.416 e. The van der Waals surface area contributed by atoms with Crippen molar-refractivity contribution in [2.75, 3.05) is 44.3 Å². The highest BCUT2D eigenvalue weighted by Gasteiger charge is 2.33. The van der Waals surface area contributed by atoms with Crippen LogP contribution in [0.4, 0.5) is 18.9 Å². The van der Waals surface area contributed by atoms with Gasteiger partial charge < -0.3 is 14.2 Å². The number of nitrogens with zero attached hydrogens (tertiary/aromatic N) is 3. The highest BCUT2D eigenvalue weighted by atomic mass is 19.4. The number of hydrogen-bond donors (Lipinski definition) is 0. The van der Waals surface area contributed by atoms with Crippen LogP contribution >= 0.6 is 0 Å². The summed E-state index contributed by atoms with van der Waals surface area (Å²) in [6.45, 7) is 8.67. The summed E-state index contributed by atoms with van der Waals surface area (Å²) in [6, 6.07) is 4.89. The average Bonchev–Trinajstić information content (AvgIpc) is 3.06. The first-order valence-electron chi connectivity index (χ1n) is 9.90. The number of aryl methyl sites for hydroxylation is 2. The van der Waals surface area contributed by atoms with Gasteiger partial charge in [-0.25, -0.2) is 0 Å². The number of rotatable bonds is 6. The van der Waals surface area contributed by atoms with Crippen molar-refractivity contribution < 1.29 is 27.2 Å². The maximum absolute atomic E-state index is 13.4. The molecular weight excluding hydrogens is 399 g/mol. The van der Waals surface area contributed by atoms with E-state index in [4.69, 9.17) is 9.26 Å². The first-order chi connectivity index (χ1) is 14.2. The molecule has 0 spiro atoms. The minimum absolute atomic E-state index is 0.224. The second-order valence-electron chi connectivity index (χ2n) is 7.45. The summed E-state index contributed by atoms with van der Waals surface area (Å²) in [6.07, 6.45) is -4.48. The molecule has 164 valence electrons. The lowest BCUT2D eigenvalue weighted by molar-refractivity contribution is -0.137. The zero-order chi connectivity index (χ0) is 21.9. The van der Waals surface area contributed by atoms with Gasteiger partial charge in [-0.05, 0) is 39.0 Å². The molecule has 6 nitrogen and oxygen atoms in total. The molecule has 0 saturated carbocycles. The third kappa shape index (κ3) is 5.02. The monoisotopic (exact) mass is 425 g/mol. The van der Waals surface area contributed by atoms with E-state index in [1.165, 1.54) is 17.0 Å². The lowest BCUT2D eigenvalue weighted by atomic mass is 9.97. The number of anilines is 1. The van der Waals surface area contributed by atoms with Gasteiger partial charge in [0.25, 0.3) is 0 Å². The van der Waals surface area contributed by atoms with Crippen molar-refractivity contribution in [3.8, 4) is 0 Å². The smallest absolute Gasteiger partial charge is 0.379 e. The van der Waals surface area contributed by atoms with Crippen molar-refractivity contribution >= 4 is 11.6 Å². The molecule has 30 heavy (non-hydrogen) atoms. The Bertz CT molecular complexity index is 856. The van der Waals surface area contributed by atoms with Gasteiger partial charge in [0.15, 0.2) is 0 Å². The van der Waals surface area contributed by atoms with E-state index in [9.17, 15) is 18.0 Å². The Labute approximate surface area is 173 Å². The molecule has 3 rings (SSSR count). The molecule has 1 atom stereocenters. The lowest BCUT2D eigenvalue weighted by Crippen LogP contribution is -2.44. The number of ether oxygens (including phenoxy) is 1. The molecule has 1 aromatic carbocycles. The minimum atomic E-state index is -4.48. The van der Waals surface area contributed by atoms with Gasteiger partial charge in [-0.3, -0.25) is 9.69 Å². The van der Waals surface area contributed by atoms with Crippen LogP contribution in [0.5, 0.6) is 0 Å². The molecule has 0 bridgehead atoms. The molecule has 1 fully saturated rings. The van der Waals surface area contributed by atoms with E-state index in [1.807, 2.05) is 0 Å². The molecule has 1 saturated heterocycles. The molecule has 2 heterocycles. The van der Waals surface area contributed by atoms with Gasteiger partial charge in [-0.2, -0.15) is 13.2 Å². The van der Waals surface area contributed by atoms with Gasteiger partial charge in [-0.15, -0.1) is 0 Å². The highest BCUT2D eigenvalue weighted by Crippen LogP contribution is 2.33. The molecule has 1 unspecified atom stereocenters. The summed E-state index contributed by atoms with van der Waals surface area (Å²) < 4.78 is 50.3. The zero-order valence-corrected chi connectivity index (χ0v) is 17.3. The van der Waals surface area contributed by atoms with Crippen LogP contribution in [-0.2, 0) is 15.7 Å². The average molecular weight is 425 g/mol. The Balaban J connectivity index is 1.89. The van der Waals surface area contributed by atoms with Crippen LogP contribution in [0, 0.1) is 13.8 Å². The SMILES string of the molecule is Cc1noc(C)c1C(C)C(=O)N(CCN1CCOCC1)c1cccc(C(F)(F)F)c1. The number of alkyl halides is 3. The largest absolute Gasteiger partial charge is 0.416 e. The van der Waals surface area contributed by atoms with Crippen LogP contribution in [-0.4, -0.2) is 55.4 Å². The van der Waals surface area contributed by atoms with Gasteiger partial charge in [-0.1, -0.05) is 11.2 Å². The third-order valence-corrected chi connectivity index (χ3v) is 5.39. The molecule has 1 aromatic heterocycles. The summed E-state index contributed by atoms with van der Waals surface area (Å²) in [5.41, 5.74) is 0.713. The van der Waals surface area contributed by atoms with Gasteiger partial charge in [0.1, 0.15) is 5.76 Å².